The van der Waals surface area contributed by atoms with E-state index in [2.05, 4.69) is 54.3 Å². The molecule has 2 nitrogen and oxygen atoms in total. The molecule has 2 saturated heterocycles. The van der Waals surface area contributed by atoms with Crippen molar-refractivity contribution in [1.29, 1.82) is 0 Å². The highest BCUT2D eigenvalue weighted by Crippen LogP contribution is 2.37. The maximum absolute atomic E-state index is 6.17. The molecule has 1 aromatic carbocycles. The number of thioether (sulfide) groups is 1. The Morgan fingerprint density at radius 2 is 2.05 bits per heavy atom. The van der Waals surface area contributed by atoms with Crippen LogP contribution < -0.4 is 5.32 Å². The first-order valence-corrected chi connectivity index (χ1v) is 9.43. The molecule has 2 fully saturated rings. The van der Waals surface area contributed by atoms with Gasteiger partial charge in [0.05, 0.1) is 5.60 Å². The Hall–Kier alpha value is -0.510. The average Bonchev–Trinajstić information content (AvgIpc) is 2.54. The molecule has 0 amide bonds. The Morgan fingerprint density at radius 1 is 1.29 bits per heavy atom. The Morgan fingerprint density at radius 3 is 2.81 bits per heavy atom. The molecule has 2 atom stereocenters. The summed E-state index contributed by atoms with van der Waals surface area (Å²) in [5.41, 5.74) is 1.62. The van der Waals surface area contributed by atoms with Gasteiger partial charge in [0.25, 0.3) is 0 Å². The molecule has 0 saturated carbocycles. The molecule has 1 aromatic rings. The molecule has 3 rings (SSSR count). The van der Waals surface area contributed by atoms with E-state index in [9.17, 15) is 0 Å². The SMILES string of the molecule is CC(CNC1CCOC2(CCSCC2)C1)c1ccccc1. The lowest BCUT2D eigenvalue weighted by molar-refractivity contribution is -0.0931. The van der Waals surface area contributed by atoms with Gasteiger partial charge in [-0.05, 0) is 48.7 Å². The minimum absolute atomic E-state index is 0.192. The highest BCUT2D eigenvalue weighted by Gasteiger charge is 2.38. The first-order valence-electron chi connectivity index (χ1n) is 8.27. The zero-order chi connectivity index (χ0) is 14.5. The molecule has 3 heteroatoms. The summed E-state index contributed by atoms with van der Waals surface area (Å²) in [5.74, 6) is 3.12. The zero-order valence-corrected chi connectivity index (χ0v) is 13.8. The van der Waals surface area contributed by atoms with Crippen LogP contribution in [0.4, 0.5) is 0 Å². The minimum Gasteiger partial charge on any atom is -0.375 e. The highest BCUT2D eigenvalue weighted by atomic mass is 32.2. The molecule has 0 aliphatic carbocycles. The van der Waals surface area contributed by atoms with E-state index in [1.165, 1.54) is 36.3 Å². The Bertz CT molecular complexity index is 425. The molecule has 2 aliphatic rings. The van der Waals surface area contributed by atoms with Gasteiger partial charge < -0.3 is 10.1 Å². The fourth-order valence-electron chi connectivity index (χ4n) is 3.54. The number of nitrogens with one attached hydrogen (secondary N) is 1. The monoisotopic (exact) mass is 305 g/mol. The van der Waals surface area contributed by atoms with Gasteiger partial charge in [-0.15, -0.1) is 0 Å². The molecule has 116 valence electrons. The van der Waals surface area contributed by atoms with Crippen molar-refractivity contribution in [2.24, 2.45) is 0 Å². The van der Waals surface area contributed by atoms with Gasteiger partial charge in [-0.3, -0.25) is 0 Å². The quantitative estimate of drug-likeness (QED) is 0.913. The standard InChI is InChI=1S/C18H27NOS/c1-15(16-5-3-2-4-6-16)14-19-17-7-10-20-18(13-17)8-11-21-12-9-18/h2-6,15,17,19H,7-14H2,1H3. The lowest BCUT2D eigenvalue weighted by Gasteiger charge is -2.43. The van der Waals surface area contributed by atoms with Gasteiger partial charge >= 0.3 is 0 Å². The summed E-state index contributed by atoms with van der Waals surface area (Å²) < 4.78 is 6.17. The van der Waals surface area contributed by atoms with E-state index in [0.717, 1.165) is 19.6 Å². The minimum atomic E-state index is 0.192. The van der Waals surface area contributed by atoms with Crippen molar-refractivity contribution >= 4 is 11.8 Å². The smallest absolute Gasteiger partial charge is 0.0713 e. The van der Waals surface area contributed by atoms with Gasteiger partial charge in [-0.25, -0.2) is 0 Å². The third-order valence-electron chi connectivity index (χ3n) is 4.98. The van der Waals surface area contributed by atoms with Crippen molar-refractivity contribution in [2.75, 3.05) is 24.7 Å². The second-order valence-corrected chi connectivity index (χ2v) is 7.78. The van der Waals surface area contributed by atoms with Crippen LogP contribution in [0.1, 0.15) is 44.1 Å². The lowest BCUT2D eigenvalue weighted by atomic mass is 9.85. The lowest BCUT2D eigenvalue weighted by Crippen LogP contribution is -2.49. The van der Waals surface area contributed by atoms with Gasteiger partial charge in [0.15, 0.2) is 0 Å². The fraction of sp³-hybridized carbons (Fsp3) is 0.667. The van der Waals surface area contributed by atoms with Crippen LogP contribution in [-0.4, -0.2) is 36.3 Å². The number of ether oxygens (including phenoxy) is 1. The van der Waals surface area contributed by atoms with Crippen molar-refractivity contribution in [1.82, 2.24) is 5.32 Å². The summed E-state index contributed by atoms with van der Waals surface area (Å²) in [5, 5.41) is 3.80. The number of rotatable bonds is 4. The second kappa shape index (κ2) is 7.17. The molecule has 1 spiro atoms. The first-order chi connectivity index (χ1) is 10.3. The van der Waals surface area contributed by atoms with E-state index in [1.54, 1.807) is 0 Å². The molecule has 1 N–H and O–H groups in total. The van der Waals surface area contributed by atoms with E-state index >= 15 is 0 Å². The number of hydrogen-bond donors (Lipinski definition) is 1. The Kier molecular flexibility index (Phi) is 5.25. The van der Waals surface area contributed by atoms with Crippen LogP contribution in [0, 0.1) is 0 Å². The molecular weight excluding hydrogens is 278 g/mol. The van der Waals surface area contributed by atoms with Gasteiger partial charge in [-0.2, -0.15) is 11.8 Å². The van der Waals surface area contributed by atoms with E-state index in [4.69, 9.17) is 4.74 Å². The van der Waals surface area contributed by atoms with Crippen LogP contribution in [0.25, 0.3) is 0 Å². The van der Waals surface area contributed by atoms with Gasteiger partial charge in [0.2, 0.25) is 0 Å². The van der Waals surface area contributed by atoms with Crippen molar-refractivity contribution in [3.8, 4) is 0 Å². The summed E-state index contributed by atoms with van der Waals surface area (Å²) >= 11 is 2.08. The van der Waals surface area contributed by atoms with Crippen LogP contribution in [0.5, 0.6) is 0 Å². The van der Waals surface area contributed by atoms with Crippen molar-refractivity contribution in [3.05, 3.63) is 35.9 Å². The molecular formula is C18H27NOS. The van der Waals surface area contributed by atoms with E-state index in [-0.39, 0.29) is 5.60 Å². The molecule has 2 unspecified atom stereocenters. The van der Waals surface area contributed by atoms with Crippen LogP contribution in [0.15, 0.2) is 30.3 Å². The van der Waals surface area contributed by atoms with Crippen LogP contribution >= 0.6 is 11.8 Å². The normalized spacial score (nSPS) is 26.6. The maximum atomic E-state index is 6.17. The maximum Gasteiger partial charge on any atom is 0.0713 e. The predicted octanol–water partition coefficient (Wildman–Crippen LogP) is 3.82. The van der Waals surface area contributed by atoms with Crippen molar-refractivity contribution in [2.45, 2.75) is 50.2 Å². The largest absolute Gasteiger partial charge is 0.375 e. The van der Waals surface area contributed by atoms with Crippen LogP contribution in [0.2, 0.25) is 0 Å². The summed E-state index contributed by atoms with van der Waals surface area (Å²) in [6.45, 7) is 4.32. The van der Waals surface area contributed by atoms with Crippen LogP contribution in [-0.2, 0) is 4.74 Å². The number of benzene rings is 1. The van der Waals surface area contributed by atoms with E-state index < -0.39 is 0 Å². The molecule has 21 heavy (non-hydrogen) atoms. The fourth-order valence-corrected chi connectivity index (χ4v) is 4.77. The average molecular weight is 305 g/mol. The molecule has 2 aliphatic heterocycles. The van der Waals surface area contributed by atoms with Crippen LogP contribution in [0.3, 0.4) is 0 Å². The van der Waals surface area contributed by atoms with Gasteiger partial charge in [0, 0.05) is 19.2 Å². The third kappa shape index (κ3) is 4.02. The van der Waals surface area contributed by atoms with E-state index in [1.807, 2.05) is 0 Å². The van der Waals surface area contributed by atoms with Gasteiger partial charge in [-0.1, -0.05) is 37.3 Å². The first kappa shape index (κ1) is 15.4. The molecule has 0 bridgehead atoms. The highest BCUT2D eigenvalue weighted by molar-refractivity contribution is 7.99. The number of hydrogen-bond acceptors (Lipinski definition) is 3. The van der Waals surface area contributed by atoms with Crippen molar-refractivity contribution < 1.29 is 4.74 Å². The predicted molar refractivity (Wildman–Crippen MR) is 91.1 cm³/mol. The Balaban J connectivity index is 1.51. The Labute approximate surface area is 133 Å². The second-order valence-electron chi connectivity index (χ2n) is 6.55. The summed E-state index contributed by atoms with van der Waals surface area (Å²) in [6, 6.07) is 11.5. The molecule has 0 aromatic heterocycles. The molecule has 2 heterocycles. The van der Waals surface area contributed by atoms with E-state index in [0.29, 0.717) is 12.0 Å². The molecule has 0 radical (unpaired) electrons. The summed E-state index contributed by atoms with van der Waals surface area (Å²) in [7, 11) is 0. The topological polar surface area (TPSA) is 21.3 Å². The van der Waals surface area contributed by atoms with Gasteiger partial charge in [0.1, 0.15) is 0 Å². The summed E-state index contributed by atoms with van der Waals surface area (Å²) in [6.07, 6.45) is 4.85. The third-order valence-corrected chi connectivity index (χ3v) is 5.96. The summed E-state index contributed by atoms with van der Waals surface area (Å²) in [4.78, 5) is 0. The van der Waals surface area contributed by atoms with Crippen molar-refractivity contribution in [3.63, 3.8) is 0 Å². The zero-order valence-electron chi connectivity index (χ0n) is 13.0.